The van der Waals surface area contributed by atoms with Gasteiger partial charge < -0.3 is 4.74 Å². The van der Waals surface area contributed by atoms with Crippen LogP contribution < -0.4 is 0 Å². The maximum absolute atomic E-state index is 5.54. The third kappa shape index (κ3) is 5.33. The molecule has 1 aromatic carbocycles. The molecule has 1 aromatic rings. The van der Waals surface area contributed by atoms with Crippen molar-refractivity contribution in [2.45, 2.75) is 70.8 Å². The topological polar surface area (TPSA) is 9.23 Å². The minimum Gasteiger partial charge on any atom is -0.373 e. The Bertz CT molecular complexity index is 554. The molecular formula is C25H36O. The van der Waals surface area contributed by atoms with Crippen molar-refractivity contribution in [2.24, 2.45) is 17.8 Å². The number of allylic oxidation sites excluding steroid dienone is 2. The Labute approximate surface area is 160 Å². The average molecular weight is 353 g/mol. The van der Waals surface area contributed by atoms with Gasteiger partial charge in [-0.25, -0.2) is 0 Å². The summed E-state index contributed by atoms with van der Waals surface area (Å²) in [6, 6.07) is 9.15. The first kappa shape index (κ1) is 19.4. The van der Waals surface area contributed by atoms with E-state index < -0.39 is 0 Å². The molecule has 2 saturated carbocycles. The Morgan fingerprint density at radius 1 is 0.923 bits per heavy atom. The largest absolute Gasteiger partial charge is 0.373 e. The van der Waals surface area contributed by atoms with Crippen LogP contribution >= 0.6 is 0 Å². The molecule has 26 heavy (non-hydrogen) atoms. The van der Waals surface area contributed by atoms with E-state index in [4.69, 9.17) is 4.74 Å². The number of hydrogen-bond donors (Lipinski definition) is 0. The molecule has 0 radical (unpaired) electrons. The third-order valence-electron chi connectivity index (χ3n) is 6.68. The summed E-state index contributed by atoms with van der Waals surface area (Å²) in [5, 5.41) is 0. The Balaban J connectivity index is 1.44. The summed E-state index contributed by atoms with van der Waals surface area (Å²) in [6.45, 7) is 7.17. The lowest BCUT2D eigenvalue weighted by atomic mass is 9.68. The molecule has 0 bridgehead atoms. The molecule has 142 valence electrons. The lowest BCUT2D eigenvalue weighted by Gasteiger charge is -2.37. The van der Waals surface area contributed by atoms with Gasteiger partial charge in [-0.2, -0.15) is 0 Å². The Morgan fingerprint density at radius 2 is 1.54 bits per heavy atom. The predicted molar refractivity (Wildman–Crippen MR) is 111 cm³/mol. The van der Waals surface area contributed by atoms with E-state index in [0.717, 1.165) is 23.7 Å². The summed E-state index contributed by atoms with van der Waals surface area (Å²) in [4.78, 5) is 0. The van der Waals surface area contributed by atoms with E-state index in [9.17, 15) is 0 Å². The number of benzene rings is 1. The molecule has 3 rings (SSSR count). The Morgan fingerprint density at radius 3 is 2.12 bits per heavy atom. The first-order chi connectivity index (χ1) is 12.8. The summed E-state index contributed by atoms with van der Waals surface area (Å²) in [6.07, 6.45) is 17.9. The second-order valence-electron chi connectivity index (χ2n) is 8.36. The van der Waals surface area contributed by atoms with Gasteiger partial charge in [-0.05, 0) is 93.1 Å². The first-order valence-corrected chi connectivity index (χ1v) is 10.7. The zero-order valence-electron chi connectivity index (χ0n) is 16.5. The Hall–Kier alpha value is -1.34. The van der Waals surface area contributed by atoms with Gasteiger partial charge in [-0.3, -0.25) is 0 Å². The van der Waals surface area contributed by atoms with Crippen LogP contribution in [0, 0.1) is 17.8 Å². The van der Waals surface area contributed by atoms with Crippen molar-refractivity contribution < 1.29 is 4.74 Å². The molecule has 0 N–H and O–H groups in total. The highest BCUT2D eigenvalue weighted by atomic mass is 16.5. The second-order valence-corrected chi connectivity index (χ2v) is 8.36. The van der Waals surface area contributed by atoms with Crippen LogP contribution in [0.1, 0.15) is 75.3 Å². The molecule has 0 amide bonds. The van der Waals surface area contributed by atoms with Crippen LogP contribution in [-0.4, -0.2) is 6.61 Å². The van der Waals surface area contributed by atoms with Gasteiger partial charge in [0.1, 0.15) is 0 Å². The van der Waals surface area contributed by atoms with Crippen molar-refractivity contribution in [3.63, 3.8) is 0 Å². The van der Waals surface area contributed by atoms with Crippen LogP contribution in [0.4, 0.5) is 0 Å². The van der Waals surface area contributed by atoms with E-state index in [1.54, 1.807) is 6.08 Å². The predicted octanol–water partition coefficient (Wildman–Crippen LogP) is 7.05. The SMILES string of the molecule is C=CCOCc1ccc(C2CCC(C3CCC(C=CC)CC3)CC2)cc1. The van der Waals surface area contributed by atoms with Gasteiger partial charge in [0.2, 0.25) is 0 Å². The van der Waals surface area contributed by atoms with Crippen LogP contribution in [0.5, 0.6) is 0 Å². The molecule has 0 atom stereocenters. The van der Waals surface area contributed by atoms with Crippen LogP contribution in [0.2, 0.25) is 0 Å². The monoisotopic (exact) mass is 352 g/mol. The molecular weight excluding hydrogens is 316 g/mol. The summed E-state index contributed by atoms with van der Waals surface area (Å²) < 4.78 is 5.54. The van der Waals surface area contributed by atoms with Crippen LogP contribution in [0.25, 0.3) is 0 Å². The molecule has 2 aliphatic carbocycles. The van der Waals surface area contributed by atoms with Crippen molar-refractivity contribution in [2.75, 3.05) is 6.61 Å². The highest BCUT2D eigenvalue weighted by Gasteiger charge is 2.30. The van der Waals surface area contributed by atoms with Gasteiger partial charge in [0, 0.05) is 0 Å². The lowest BCUT2D eigenvalue weighted by molar-refractivity contribution is 0.149. The van der Waals surface area contributed by atoms with Crippen LogP contribution in [0.15, 0.2) is 49.1 Å². The fourth-order valence-electron chi connectivity index (χ4n) is 5.15. The fraction of sp³-hybridized carbons (Fsp3) is 0.600. The quantitative estimate of drug-likeness (QED) is 0.377. The number of hydrogen-bond acceptors (Lipinski definition) is 1. The van der Waals surface area contributed by atoms with Crippen molar-refractivity contribution in [3.8, 4) is 0 Å². The Kier molecular flexibility index (Phi) is 7.55. The third-order valence-corrected chi connectivity index (χ3v) is 6.68. The van der Waals surface area contributed by atoms with Crippen molar-refractivity contribution >= 4 is 0 Å². The van der Waals surface area contributed by atoms with Gasteiger partial charge in [-0.1, -0.05) is 42.5 Å². The van der Waals surface area contributed by atoms with E-state index in [-0.39, 0.29) is 0 Å². The summed E-state index contributed by atoms with van der Waals surface area (Å²) in [7, 11) is 0. The highest BCUT2D eigenvalue weighted by Crippen LogP contribution is 2.44. The zero-order chi connectivity index (χ0) is 18.2. The van der Waals surface area contributed by atoms with E-state index in [1.807, 2.05) is 0 Å². The molecule has 1 heteroatoms. The normalized spacial score (nSPS) is 29.7. The van der Waals surface area contributed by atoms with Gasteiger partial charge in [-0.15, -0.1) is 6.58 Å². The summed E-state index contributed by atoms with van der Waals surface area (Å²) in [5.74, 6) is 3.63. The van der Waals surface area contributed by atoms with Crippen LogP contribution in [-0.2, 0) is 11.3 Å². The van der Waals surface area contributed by atoms with Gasteiger partial charge in [0.15, 0.2) is 0 Å². The van der Waals surface area contributed by atoms with E-state index in [2.05, 4.69) is 49.9 Å². The molecule has 2 aliphatic rings. The molecule has 0 unspecified atom stereocenters. The van der Waals surface area contributed by atoms with Gasteiger partial charge in [0.05, 0.1) is 13.2 Å². The maximum atomic E-state index is 5.54. The molecule has 0 spiro atoms. The highest BCUT2D eigenvalue weighted by molar-refractivity contribution is 5.25. The minimum atomic E-state index is 0.627. The lowest BCUT2D eigenvalue weighted by Crippen LogP contribution is -2.25. The van der Waals surface area contributed by atoms with E-state index in [0.29, 0.717) is 13.2 Å². The standard InChI is InChI=1S/C25H36O/c1-3-5-20-6-10-22(11-7-20)24-14-16-25(17-15-24)23-12-8-21(9-13-23)19-26-18-4-2/h3-5,8-9,12-13,20,22,24-25H,2,6-7,10-11,14-19H2,1H3. The molecule has 0 aromatic heterocycles. The smallest absolute Gasteiger partial charge is 0.0721 e. The zero-order valence-corrected chi connectivity index (χ0v) is 16.5. The minimum absolute atomic E-state index is 0.627. The first-order valence-electron chi connectivity index (χ1n) is 10.7. The second kappa shape index (κ2) is 10.1. The van der Waals surface area contributed by atoms with Crippen molar-refractivity contribution in [3.05, 3.63) is 60.2 Å². The average Bonchev–Trinajstić information content (AvgIpc) is 2.70. The molecule has 0 aliphatic heterocycles. The number of ether oxygens (including phenoxy) is 1. The molecule has 0 heterocycles. The van der Waals surface area contributed by atoms with Crippen molar-refractivity contribution in [1.29, 1.82) is 0 Å². The van der Waals surface area contributed by atoms with Gasteiger partial charge in [0.25, 0.3) is 0 Å². The summed E-state index contributed by atoms with van der Waals surface area (Å²) >= 11 is 0. The summed E-state index contributed by atoms with van der Waals surface area (Å²) in [5.41, 5.74) is 2.80. The number of rotatable bonds is 7. The maximum Gasteiger partial charge on any atom is 0.0721 e. The van der Waals surface area contributed by atoms with Crippen molar-refractivity contribution in [1.82, 2.24) is 0 Å². The van der Waals surface area contributed by atoms with E-state index in [1.165, 1.54) is 62.5 Å². The van der Waals surface area contributed by atoms with Gasteiger partial charge >= 0.3 is 0 Å². The fourth-order valence-corrected chi connectivity index (χ4v) is 5.15. The molecule has 0 saturated heterocycles. The molecule has 1 nitrogen and oxygen atoms in total. The molecule has 2 fully saturated rings. The van der Waals surface area contributed by atoms with E-state index >= 15 is 0 Å². The van der Waals surface area contributed by atoms with Crippen LogP contribution in [0.3, 0.4) is 0 Å².